The van der Waals surface area contributed by atoms with Crippen LogP contribution in [0, 0.1) is 5.82 Å². The summed E-state index contributed by atoms with van der Waals surface area (Å²) in [7, 11) is 1.49. The van der Waals surface area contributed by atoms with Gasteiger partial charge in [-0.05, 0) is 24.6 Å². The number of carbonyl (C=O) groups excluding carboxylic acids is 1. The standard InChI is InChI=1S/C15H21FN2O2.ClH/c1-3-4-12-10-17-7-8-18(12)15(19)13-9-11(16)5-6-14(13)20-2;/h5-6,9,12,17H,3-4,7-8,10H2,1-2H3;1H. The molecule has 4 nitrogen and oxygen atoms in total. The van der Waals surface area contributed by atoms with Gasteiger partial charge >= 0.3 is 0 Å². The van der Waals surface area contributed by atoms with Gasteiger partial charge in [0.2, 0.25) is 0 Å². The Morgan fingerprint density at radius 3 is 2.95 bits per heavy atom. The van der Waals surface area contributed by atoms with Crippen molar-refractivity contribution in [3.8, 4) is 5.75 Å². The number of nitrogens with zero attached hydrogens (tertiary/aromatic N) is 1. The first kappa shape index (κ1) is 17.7. The lowest BCUT2D eigenvalue weighted by Gasteiger charge is -2.36. The number of ether oxygens (including phenoxy) is 1. The Bertz CT molecular complexity index is 483. The van der Waals surface area contributed by atoms with E-state index in [4.69, 9.17) is 4.74 Å². The Morgan fingerprint density at radius 2 is 2.29 bits per heavy atom. The number of halogens is 2. The maximum atomic E-state index is 13.4. The molecule has 0 saturated carbocycles. The molecule has 1 N–H and O–H groups in total. The van der Waals surface area contributed by atoms with Crippen molar-refractivity contribution < 1.29 is 13.9 Å². The van der Waals surface area contributed by atoms with Gasteiger partial charge in [-0.15, -0.1) is 12.4 Å². The van der Waals surface area contributed by atoms with E-state index in [2.05, 4.69) is 12.2 Å². The van der Waals surface area contributed by atoms with E-state index in [0.29, 0.717) is 17.9 Å². The maximum Gasteiger partial charge on any atom is 0.258 e. The zero-order valence-electron chi connectivity index (χ0n) is 12.4. The third kappa shape index (κ3) is 4.08. The van der Waals surface area contributed by atoms with E-state index in [9.17, 15) is 9.18 Å². The maximum absolute atomic E-state index is 13.4. The molecule has 1 unspecified atom stereocenters. The van der Waals surface area contributed by atoms with Crippen LogP contribution in [0.25, 0.3) is 0 Å². The summed E-state index contributed by atoms with van der Waals surface area (Å²) in [5.41, 5.74) is 0.301. The van der Waals surface area contributed by atoms with Crippen molar-refractivity contribution in [3.05, 3.63) is 29.6 Å². The molecule has 1 aromatic rings. The van der Waals surface area contributed by atoms with Gasteiger partial charge in [-0.2, -0.15) is 0 Å². The zero-order valence-corrected chi connectivity index (χ0v) is 13.2. The Kier molecular flexibility index (Phi) is 6.92. The summed E-state index contributed by atoms with van der Waals surface area (Å²) >= 11 is 0. The lowest BCUT2D eigenvalue weighted by Crippen LogP contribution is -2.53. The molecule has 0 spiro atoms. The molecule has 1 aliphatic rings. The minimum atomic E-state index is -0.420. The van der Waals surface area contributed by atoms with E-state index in [1.165, 1.54) is 25.3 Å². The smallest absolute Gasteiger partial charge is 0.258 e. The summed E-state index contributed by atoms with van der Waals surface area (Å²) in [5.74, 6) is -0.150. The van der Waals surface area contributed by atoms with Crippen LogP contribution in [0.2, 0.25) is 0 Å². The van der Waals surface area contributed by atoms with E-state index < -0.39 is 5.82 Å². The molecule has 1 fully saturated rings. The molecule has 0 bridgehead atoms. The molecular weight excluding hydrogens is 295 g/mol. The molecule has 6 heteroatoms. The highest BCUT2D eigenvalue weighted by atomic mass is 35.5. The van der Waals surface area contributed by atoms with E-state index >= 15 is 0 Å². The normalized spacial score (nSPS) is 18.0. The average Bonchev–Trinajstić information content (AvgIpc) is 2.47. The fourth-order valence-electron chi connectivity index (χ4n) is 2.62. The van der Waals surface area contributed by atoms with Gasteiger partial charge < -0.3 is 15.0 Å². The second-order valence-corrected chi connectivity index (χ2v) is 4.99. The number of hydrogen-bond donors (Lipinski definition) is 1. The van der Waals surface area contributed by atoms with Crippen LogP contribution >= 0.6 is 12.4 Å². The SMILES string of the molecule is CCCC1CNCCN1C(=O)c1cc(F)ccc1OC.Cl. The Morgan fingerprint density at radius 1 is 1.52 bits per heavy atom. The number of piperazine rings is 1. The van der Waals surface area contributed by atoms with Gasteiger partial charge in [0.1, 0.15) is 11.6 Å². The molecule has 0 aromatic heterocycles. The summed E-state index contributed by atoms with van der Waals surface area (Å²) in [5, 5.41) is 3.30. The summed E-state index contributed by atoms with van der Waals surface area (Å²) in [6, 6.07) is 4.22. The highest BCUT2D eigenvalue weighted by Gasteiger charge is 2.28. The number of methoxy groups -OCH3 is 1. The van der Waals surface area contributed by atoms with Gasteiger partial charge in [0.25, 0.3) is 5.91 Å². The third-order valence-electron chi connectivity index (χ3n) is 3.62. The van der Waals surface area contributed by atoms with Crippen molar-refractivity contribution in [3.63, 3.8) is 0 Å². The summed E-state index contributed by atoms with van der Waals surface area (Å²) in [6.07, 6.45) is 1.95. The highest BCUT2D eigenvalue weighted by Crippen LogP contribution is 2.23. The van der Waals surface area contributed by atoms with E-state index in [1.54, 1.807) is 0 Å². The number of hydrogen-bond acceptors (Lipinski definition) is 3. The Balaban J connectivity index is 0.00000220. The molecule has 1 heterocycles. The van der Waals surface area contributed by atoms with Crippen molar-refractivity contribution in [1.29, 1.82) is 0 Å². The monoisotopic (exact) mass is 316 g/mol. The van der Waals surface area contributed by atoms with Crippen LogP contribution in [0.5, 0.6) is 5.75 Å². The van der Waals surface area contributed by atoms with Crippen LogP contribution in [0.15, 0.2) is 18.2 Å². The van der Waals surface area contributed by atoms with Crippen LogP contribution in [0.1, 0.15) is 30.1 Å². The van der Waals surface area contributed by atoms with Gasteiger partial charge in [0, 0.05) is 25.7 Å². The summed E-state index contributed by atoms with van der Waals surface area (Å²) in [4.78, 5) is 14.5. The molecular formula is C15H22ClFN2O2. The predicted molar refractivity (Wildman–Crippen MR) is 82.8 cm³/mol. The van der Waals surface area contributed by atoms with Crippen molar-refractivity contribution in [2.75, 3.05) is 26.7 Å². The molecule has 0 aliphatic carbocycles. The first-order valence-electron chi connectivity index (χ1n) is 7.02. The number of nitrogens with one attached hydrogen (secondary N) is 1. The molecule has 1 saturated heterocycles. The number of rotatable bonds is 4. The zero-order chi connectivity index (χ0) is 14.5. The lowest BCUT2D eigenvalue weighted by atomic mass is 10.1. The lowest BCUT2D eigenvalue weighted by molar-refractivity contribution is 0.0620. The number of amides is 1. The Hall–Kier alpha value is -1.33. The topological polar surface area (TPSA) is 41.6 Å². The van der Waals surface area contributed by atoms with Gasteiger partial charge in [-0.3, -0.25) is 4.79 Å². The molecule has 21 heavy (non-hydrogen) atoms. The van der Waals surface area contributed by atoms with Crippen molar-refractivity contribution in [1.82, 2.24) is 10.2 Å². The molecule has 1 amide bonds. The van der Waals surface area contributed by atoms with E-state index in [-0.39, 0.29) is 24.4 Å². The van der Waals surface area contributed by atoms with Crippen LogP contribution in [-0.2, 0) is 0 Å². The van der Waals surface area contributed by atoms with Crippen LogP contribution < -0.4 is 10.1 Å². The predicted octanol–water partition coefficient (Wildman–Crippen LogP) is 2.47. The van der Waals surface area contributed by atoms with Gasteiger partial charge in [-0.25, -0.2) is 4.39 Å². The fraction of sp³-hybridized carbons (Fsp3) is 0.533. The van der Waals surface area contributed by atoms with Gasteiger partial charge in [0.05, 0.1) is 12.7 Å². The first-order valence-corrected chi connectivity index (χ1v) is 7.02. The van der Waals surface area contributed by atoms with Crippen LogP contribution in [-0.4, -0.2) is 43.6 Å². The third-order valence-corrected chi connectivity index (χ3v) is 3.62. The number of carbonyl (C=O) groups is 1. The van der Waals surface area contributed by atoms with Crippen molar-refractivity contribution >= 4 is 18.3 Å². The van der Waals surface area contributed by atoms with Crippen molar-refractivity contribution in [2.24, 2.45) is 0 Å². The second kappa shape index (κ2) is 8.20. The summed E-state index contributed by atoms with van der Waals surface area (Å²) in [6.45, 7) is 4.30. The molecule has 1 aromatic carbocycles. The molecule has 0 radical (unpaired) electrons. The average molecular weight is 317 g/mol. The molecule has 1 aliphatic heterocycles. The molecule has 118 valence electrons. The second-order valence-electron chi connectivity index (χ2n) is 4.99. The first-order chi connectivity index (χ1) is 9.67. The summed E-state index contributed by atoms with van der Waals surface area (Å²) < 4.78 is 18.6. The molecule has 1 atom stereocenters. The van der Waals surface area contributed by atoms with Crippen molar-refractivity contribution in [2.45, 2.75) is 25.8 Å². The fourth-order valence-corrected chi connectivity index (χ4v) is 2.62. The molecule has 2 rings (SSSR count). The quantitative estimate of drug-likeness (QED) is 0.928. The van der Waals surface area contributed by atoms with Crippen LogP contribution in [0.4, 0.5) is 4.39 Å². The van der Waals surface area contributed by atoms with Gasteiger partial charge in [-0.1, -0.05) is 13.3 Å². The van der Waals surface area contributed by atoms with Crippen LogP contribution in [0.3, 0.4) is 0 Å². The highest BCUT2D eigenvalue weighted by molar-refractivity contribution is 5.97. The largest absolute Gasteiger partial charge is 0.496 e. The number of benzene rings is 1. The minimum absolute atomic E-state index is 0. The Labute approximate surface area is 131 Å². The van der Waals surface area contributed by atoms with Gasteiger partial charge in [0.15, 0.2) is 0 Å². The minimum Gasteiger partial charge on any atom is -0.496 e. The van der Waals surface area contributed by atoms with E-state index in [1.807, 2.05) is 4.90 Å². The van der Waals surface area contributed by atoms with E-state index in [0.717, 1.165) is 25.9 Å².